The average molecular weight is 315 g/mol. The van der Waals surface area contributed by atoms with Crippen molar-refractivity contribution in [2.24, 2.45) is 16.7 Å². The molecule has 2 atom stereocenters. The molecule has 0 spiro atoms. The molecule has 0 aromatic heterocycles. The van der Waals surface area contributed by atoms with Crippen LogP contribution in [0.4, 0.5) is 0 Å². The molecule has 2 saturated carbocycles. The van der Waals surface area contributed by atoms with E-state index in [4.69, 9.17) is 9.47 Å². The Balaban J connectivity index is 1.48. The van der Waals surface area contributed by atoms with Crippen LogP contribution in [0.25, 0.3) is 0 Å². The fourth-order valence-electron chi connectivity index (χ4n) is 4.38. The highest BCUT2D eigenvalue weighted by atomic mass is 16.7. The zero-order chi connectivity index (χ0) is 16.2. The zero-order valence-corrected chi connectivity index (χ0v) is 13.5. The number of rotatable bonds is 3. The molecule has 1 heterocycles. The number of amides is 1. The summed E-state index contributed by atoms with van der Waals surface area (Å²) in [7, 11) is 0. The van der Waals surface area contributed by atoms with Gasteiger partial charge < -0.3 is 14.8 Å². The molecule has 1 amide bonds. The monoisotopic (exact) mass is 315 g/mol. The number of nitrogens with one attached hydrogen (secondary N) is 1. The van der Waals surface area contributed by atoms with E-state index in [0.29, 0.717) is 31.1 Å². The zero-order valence-electron chi connectivity index (χ0n) is 13.5. The number of Topliss-reactive ketones (excluding diaryl/α,β-unsaturated/α-hetero) is 1. The molecule has 1 aromatic carbocycles. The largest absolute Gasteiger partial charge is 0.454 e. The second kappa shape index (κ2) is 4.73. The van der Waals surface area contributed by atoms with Gasteiger partial charge in [0.1, 0.15) is 5.41 Å². The predicted octanol–water partition coefficient (Wildman–Crippen LogP) is 2.43. The van der Waals surface area contributed by atoms with Crippen molar-refractivity contribution in [3.05, 3.63) is 23.8 Å². The van der Waals surface area contributed by atoms with Crippen molar-refractivity contribution in [2.45, 2.75) is 39.7 Å². The third kappa shape index (κ3) is 1.98. The number of hydrogen-bond donors (Lipinski definition) is 1. The summed E-state index contributed by atoms with van der Waals surface area (Å²) in [5, 5.41) is 2.96. The normalized spacial score (nSPS) is 29.8. The number of fused-ring (bicyclic) bond motifs is 3. The second-order valence-corrected chi connectivity index (χ2v) is 7.44. The maximum Gasteiger partial charge on any atom is 0.233 e. The van der Waals surface area contributed by atoms with Crippen LogP contribution in [0, 0.1) is 16.7 Å². The summed E-state index contributed by atoms with van der Waals surface area (Å²) in [6.45, 7) is 4.59. The Morgan fingerprint density at radius 2 is 2.09 bits per heavy atom. The van der Waals surface area contributed by atoms with Gasteiger partial charge in [-0.1, -0.05) is 19.9 Å². The van der Waals surface area contributed by atoms with E-state index < -0.39 is 5.41 Å². The molecule has 0 radical (unpaired) electrons. The van der Waals surface area contributed by atoms with Gasteiger partial charge in [0, 0.05) is 12.0 Å². The first kappa shape index (κ1) is 14.5. The van der Waals surface area contributed by atoms with Crippen LogP contribution in [-0.2, 0) is 16.1 Å². The van der Waals surface area contributed by atoms with Crippen molar-refractivity contribution in [3.8, 4) is 11.5 Å². The van der Waals surface area contributed by atoms with Gasteiger partial charge in [0.25, 0.3) is 0 Å². The van der Waals surface area contributed by atoms with Crippen LogP contribution in [0.5, 0.6) is 11.5 Å². The number of ether oxygens (including phenoxy) is 2. The molecule has 1 aliphatic heterocycles. The van der Waals surface area contributed by atoms with Crippen molar-refractivity contribution in [1.29, 1.82) is 0 Å². The van der Waals surface area contributed by atoms with Crippen molar-refractivity contribution >= 4 is 11.7 Å². The minimum Gasteiger partial charge on any atom is -0.454 e. The van der Waals surface area contributed by atoms with Gasteiger partial charge in [-0.2, -0.15) is 0 Å². The summed E-state index contributed by atoms with van der Waals surface area (Å²) >= 11 is 0. The van der Waals surface area contributed by atoms with Gasteiger partial charge in [0.2, 0.25) is 12.7 Å². The van der Waals surface area contributed by atoms with Gasteiger partial charge in [0.05, 0.1) is 0 Å². The SMILES string of the molecule is CC1(C)C(=O)C2(C(=O)NCc3ccc4c(c3)OCO4)CCC1C2. The van der Waals surface area contributed by atoms with Gasteiger partial charge in [-0.25, -0.2) is 0 Å². The quantitative estimate of drug-likeness (QED) is 0.870. The fourth-order valence-corrected chi connectivity index (χ4v) is 4.38. The van der Waals surface area contributed by atoms with Crippen molar-refractivity contribution in [1.82, 2.24) is 5.32 Å². The minimum absolute atomic E-state index is 0.115. The number of carbonyl (C=O) groups is 2. The van der Waals surface area contributed by atoms with E-state index in [1.807, 2.05) is 32.0 Å². The van der Waals surface area contributed by atoms with Crippen LogP contribution in [0.15, 0.2) is 18.2 Å². The Bertz CT molecular complexity index is 696. The van der Waals surface area contributed by atoms with Crippen molar-refractivity contribution in [3.63, 3.8) is 0 Å². The number of ketones is 1. The Morgan fingerprint density at radius 1 is 1.30 bits per heavy atom. The second-order valence-electron chi connectivity index (χ2n) is 7.44. The van der Waals surface area contributed by atoms with E-state index in [-0.39, 0.29) is 23.9 Å². The fraction of sp³-hybridized carbons (Fsp3) is 0.556. The molecule has 5 nitrogen and oxygen atoms in total. The lowest BCUT2D eigenvalue weighted by Crippen LogP contribution is -2.47. The van der Waals surface area contributed by atoms with Gasteiger partial charge >= 0.3 is 0 Å². The molecule has 1 aromatic rings. The van der Waals surface area contributed by atoms with E-state index in [1.54, 1.807) is 0 Å². The topological polar surface area (TPSA) is 64.6 Å². The maximum atomic E-state index is 12.7. The van der Waals surface area contributed by atoms with Gasteiger partial charge in [0.15, 0.2) is 17.3 Å². The smallest absolute Gasteiger partial charge is 0.233 e. The molecule has 2 bridgehead atoms. The van der Waals surface area contributed by atoms with E-state index in [1.165, 1.54) is 0 Å². The molecule has 1 N–H and O–H groups in total. The van der Waals surface area contributed by atoms with Crippen molar-refractivity contribution < 1.29 is 19.1 Å². The summed E-state index contributed by atoms with van der Waals surface area (Å²) in [6, 6.07) is 5.62. The molecule has 122 valence electrons. The minimum atomic E-state index is -0.801. The number of carbonyl (C=O) groups excluding carboxylic acids is 2. The van der Waals surface area contributed by atoms with Crippen LogP contribution in [0.3, 0.4) is 0 Å². The van der Waals surface area contributed by atoms with Gasteiger partial charge in [-0.05, 0) is 42.9 Å². The molecular formula is C18H21NO4. The van der Waals surface area contributed by atoms with Crippen LogP contribution in [0.2, 0.25) is 0 Å². The highest BCUT2D eigenvalue weighted by molar-refractivity contribution is 6.10. The Kier molecular flexibility index (Phi) is 2.99. The predicted molar refractivity (Wildman–Crippen MR) is 83.0 cm³/mol. The highest BCUT2D eigenvalue weighted by Gasteiger charge is 2.64. The Morgan fingerprint density at radius 3 is 2.83 bits per heavy atom. The number of hydrogen-bond acceptors (Lipinski definition) is 4. The lowest BCUT2D eigenvalue weighted by atomic mass is 9.70. The average Bonchev–Trinajstić information content (AvgIpc) is 3.21. The maximum absolute atomic E-state index is 12.7. The lowest BCUT2D eigenvalue weighted by molar-refractivity contribution is -0.145. The van der Waals surface area contributed by atoms with Crippen molar-refractivity contribution in [2.75, 3.05) is 6.79 Å². The summed E-state index contributed by atoms with van der Waals surface area (Å²) in [5.41, 5.74) is -0.225. The van der Waals surface area contributed by atoms with Crippen LogP contribution in [0.1, 0.15) is 38.7 Å². The first-order valence-electron chi connectivity index (χ1n) is 8.15. The molecule has 23 heavy (non-hydrogen) atoms. The van der Waals surface area contributed by atoms with Crippen LogP contribution in [-0.4, -0.2) is 18.5 Å². The Hall–Kier alpha value is -2.04. The van der Waals surface area contributed by atoms with Gasteiger partial charge in [-0.15, -0.1) is 0 Å². The van der Waals surface area contributed by atoms with Crippen LogP contribution < -0.4 is 14.8 Å². The summed E-state index contributed by atoms with van der Waals surface area (Å²) in [5.74, 6) is 1.77. The summed E-state index contributed by atoms with van der Waals surface area (Å²) < 4.78 is 10.6. The van der Waals surface area contributed by atoms with E-state index in [0.717, 1.165) is 17.7 Å². The summed E-state index contributed by atoms with van der Waals surface area (Å²) in [4.78, 5) is 25.5. The lowest BCUT2D eigenvalue weighted by Gasteiger charge is -2.32. The summed E-state index contributed by atoms with van der Waals surface area (Å²) in [6.07, 6.45) is 2.36. The first-order chi connectivity index (χ1) is 10.9. The molecule has 2 fully saturated rings. The number of benzene rings is 1. The molecule has 2 aliphatic carbocycles. The van der Waals surface area contributed by atoms with E-state index in [2.05, 4.69) is 5.32 Å². The van der Waals surface area contributed by atoms with Gasteiger partial charge in [-0.3, -0.25) is 9.59 Å². The van der Waals surface area contributed by atoms with Crippen LogP contribution >= 0.6 is 0 Å². The first-order valence-corrected chi connectivity index (χ1v) is 8.15. The molecule has 0 saturated heterocycles. The standard InChI is InChI=1S/C18H21NO4/c1-17(2)12-5-6-18(8-12,15(17)20)16(21)19-9-11-3-4-13-14(7-11)23-10-22-13/h3-4,7,12H,5-6,8-10H2,1-2H3,(H,19,21). The molecule has 2 unspecified atom stereocenters. The third-order valence-corrected chi connectivity index (χ3v) is 5.88. The third-order valence-electron chi connectivity index (χ3n) is 5.88. The van der Waals surface area contributed by atoms with E-state index >= 15 is 0 Å². The molecule has 5 heteroatoms. The Labute approximate surface area is 135 Å². The molecular weight excluding hydrogens is 294 g/mol. The molecule has 3 aliphatic rings. The molecule has 4 rings (SSSR count). The van der Waals surface area contributed by atoms with E-state index in [9.17, 15) is 9.59 Å². The highest BCUT2D eigenvalue weighted by Crippen LogP contribution is 2.60.